The van der Waals surface area contributed by atoms with Crippen LogP contribution in [0.4, 0.5) is 22.0 Å². The molecule has 0 aliphatic heterocycles. The van der Waals surface area contributed by atoms with Gasteiger partial charge in [-0.15, -0.1) is 10.2 Å². The van der Waals surface area contributed by atoms with Crippen molar-refractivity contribution in [2.24, 2.45) is 0 Å². The number of hydrogen-bond acceptors (Lipinski definition) is 5. The van der Waals surface area contributed by atoms with E-state index in [4.69, 9.17) is 9.15 Å². The molecule has 1 heterocycles. The van der Waals surface area contributed by atoms with Gasteiger partial charge in [-0.2, -0.15) is 0 Å². The molecule has 26 heavy (non-hydrogen) atoms. The van der Waals surface area contributed by atoms with Crippen LogP contribution in [-0.2, 0) is 11.2 Å². The van der Waals surface area contributed by atoms with Crippen molar-refractivity contribution in [3.05, 3.63) is 65.3 Å². The smallest absolute Gasteiger partial charge is 0.315 e. The molecule has 0 bridgehead atoms. The number of nitrogens with zero attached hydrogens (tertiary/aromatic N) is 2. The van der Waals surface area contributed by atoms with Gasteiger partial charge in [-0.1, -0.05) is 0 Å². The van der Waals surface area contributed by atoms with Gasteiger partial charge in [0.1, 0.15) is 5.75 Å². The van der Waals surface area contributed by atoms with E-state index < -0.39 is 47.0 Å². The third kappa shape index (κ3) is 3.25. The Morgan fingerprint density at radius 3 is 2.04 bits per heavy atom. The Morgan fingerprint density at radius 1 is 0.923 bits per heavy atom. The van der Waals surface area contributed by atoms with Gasteiger partial charge in [0.05, 0.1) is 6.42 Å². The van der Waals surface area contributed by atoms with Gasteiger partial charge in [-0.3, -0.25) is 4.79 Å². The second-order valence-electron chi connectivity index (χ2n) is 4.97. The molecule has 3 rings (SSSR count). The number of halogens is 5. The van der Waals surface area contributed by atoms with Crippen molar-refractivity contribution >= 4 is 5.97 Å². The highest BCUT2D eigenvalue weighted by atomic mass is 19.2. The molecular weight excluding hydrogens is 363 g/mol. The Bertz CT molecular complexity index is 930. The number of rotatable bonds is 4. The molecule has 0 amide bonds. The molecule has 0 radical (unpaired) electrons. The van der Waals surface area contributed by atoms with Crippen LogP contribution in [0.15, 0.2) is 35.1 Å². The first-order chi connectivity index (χ1) is 12.4. The highest BCUT2D eigenvalue weighted by molar-refractivity contribution is 5.75. The number of ether oxygens (including phenoxy) is 1. The zero-order valence-electron chi connectivity index (χ0n) is 12.6. The second kappa shape index (κ2) is 6.90. The van der Waals surface area contributed by atoms with Gasteiger partial charge in [-0.05, 0) is 24.3 Å². The first kappa shape index (κ1) is 17.5. The van der Waals surface area contributed by atoms with Crippen molar-refractivity contribution < 1.29 is 35.9 Å². The lowest BCUT2D eigenvalue weighted by molar-refractivity contribution is -0.133. The Labute approximate surface area is 142 Å². The summed E-state index contributed by atoms with van der Waals surface area (Å²) in [5, 5.41) is 7.16. The number of hydrogen-bond donors (Lipinski definition) is 0. The predicted octanol–water partition coefficient (Wildman–Crippen LogP) is 3.58. The van der Waals surface area contributed by atoms with E-state index in [1.807, 2.05) is 0 Å². The molecule has 0 aliphatic rings. The Morgan fingerprint density at radius 2 is 1.50 bits per heavy atom. The van der Waals surface area contributed by atoms with Crippen molar-refractivity contribution in [3.8, 4) is 17.2 Å². The van der Waals surface area contributed by atoms with Gasteiger partial charge < -0.3 is 9.15 Å². The summed E-state index contributed by atoms with van der Waals surface area (Å²) in [5.74, 6) is -11.7. The summed E-state index contributed by atoms with van der Waals surface area (Å²) in [7, 11) is 0. The molecule has 3 aromatic rings. The lowest BCUT2D eigenvalue weighted by Crippen LogP contribution is -2.16. The number of benzene rings is 2. The van der Waals surface area contributed by atoms with Crippen LogP contribution in [0.2, 0.25) is 0 Å². The SMILES string of the molecule is O=C(Cc1c(F)c(F)c(F)c(F)c1F)Oc1ccc(-c2nnco2)cc1. The van der Waals surface area contributed by atoms with Crippen LogP contribution in [0.25, 0.3) is 11.5 Å². The Hall–Kier alpha value is -3.30. The lowest BCUT2D eigenvalue weighted by Gasteiger charge is -2.08. The van der Waals surface area contributed by atoms with Gasteiger partial charge in [0.2, 0.25) is 18.1 Å². The first-order valence-electron chi connectivity index (χ1n) is 6.96. The minimum Gasteiger partial charge on any atom is -0.426 e. The van der Waals surface area contributed by atoms with Crippen LogP contribution in [0.1, 0.15) is 5.56 Å². The van der Waals surface area contributed by atoms with E-state index in [-0.39, 0.29) is 11.6 Å². The maximum Gasteiger partial charge on any atom is 0.315 e. The fourth-order valence-electron chi connectivity index (χ4n) is 2.08. The zero-order chi connectivity index (χ0) is 18.8. The topological polar surface area (TPSA) is 65.2 Å². The van der Waals surface area contributed by atoms with E-state index in [9.17, 15) is 26.7 Å². The maximum atomic E-state index is 13.6. The molecule has 0 unspecified atom stereocenters. The molecular formula is C16H7F5N2O3. The second-order valence-corrected chi connectivity index (χ2v) is 4.97. The van der Waals surface area contributed by atoms with E-state index in [0.717, 1.165) is 6.39 Å². The number of carbonyl (C=O) groups is 1. The summed E-state index contributed by atoms with van der Waals surface area (Å²) >= 11 is 0. The highest BCUT2D eigenvalue weighted by Gasteiger charge is 2.27. The van der Waals surface area contributed by atoms with E-state index in [1.54, 1.807) is 0 Å². The average Bonchev–Trinajstić information content (AvgIpc) is 3.17. The molecule has 0 saturated carbocycles. The quantitative estimate of drug-likeness (QED) is 0.231. The van der Waals surface area contributed by atoms with Crippen LogP contribution in [-0.4, -0.2) is 16.2 Å². The van der Waals surface area contributed by atoms with Gasteiger partial charge in [0.25, 0.3) is 0 Å². The van der Waals surface area contributed by atoms with Crippen LogP contribution in [0.5, 0.6) is 5.75 Å². The predicted molar refractivity (Wildman–Crippen MR) is 75.3 cm³/mol. The number of aromatic nitrogens is 2. The maximum absolute atomic E-state index is 13.6. The van der Waals surface area contributed by atoms with Crippen molar-refractivity contribution in [1.82, 2.24) is 10.2 Å². The average molecular weight is 370 g/mol. The number of carbonyl (C=O) groups excluding carboxylic acids is 1. The molecule has 0 aliphatic carbocycles. The molecule has 0 saturated heterocycles. The molecule has 0 N–H and O–H groups in total. The van der Waals surface area contributed by atoms with Gasteiger partial charge in [0, 0.05) is 11.1 Å². The molecule has 5 nitrogen and oxygen atoms in total. The van der Waals surface area contributed by atoms with Gasteiger partial charge >= 0.3 is 5.97 Å². The van der Waals surface area contributed by atoms with Crippen LogP contribution in [0, 0.1) is 29.1 Å². The first-order valence-corrected chi connectivity index (χ1v) is 6.96. The molecule has 2 aromatic carbocycles. The standard InChI is InChI=1S/C16H7F5N2O3/c17-11-9(12(18)14(20)15(21)13(11)19)5-10(24)26-8-3-1-7(2-4-8)16-23-22-6-25-16/h1-4,6H,5H2. The summed E-state index contributed by atoms with van der Waals surface area (Å²) < 4.78 is 76.1. The fourth-order valence-corrected chi connectivity index (χ4v) is 2.08. The summed E-state index contributed by atoms with van der Waals surface area (Å²) in [6, 6.07) is 5.59. The molecule has 0 spiro atoms. The van der Waals surface area contributed by atoms with Gasteiger partial charge in [0.15, 0.2) is 23.3 Å². The van der Waals surface area contributed by atoms with Crippen molar-refractivity contribution in [1.29, 1.82) is 0 Å². The third-order valence-electron chi connectivity index (χ3n) is 3.31. The molecule has 0 fully saturated rings. The number of esters is 1. The van der Waals surface area contributed by atoms with E-state index >= 15 is 0 Å². The Kier molecular flexibility index (Phi) is 4.65. The monoisotopic (exact) mass is 370 g/mol. The minimum absolute atomic E-state index is 0.0119. The fraction of sp³-hybridized carbons (Fsp3) is 0.0625. The normalized spacial score (nSPS) is 10.8. The van der Waals surface area contributed by atoms with Crippen LogP contribution >= 0.6 is 0 Å². The summed E-state index contributed by atoms with van der Waals surface area (Å²) in [6.07, 6.45) is -0.0233. The molecule has 0 atom stereocenters. The minimum atomic E-state index is -2.30. The van der Waals surface area contributed by atoms with Crippen LogP contribution in [0.3, 0.4) is 0 Å². The van der Waals surface area contributed by atoms with E-state index in [2.05, 4.69) is 10.2 Å². The lowest BCUT2D eigenvalue weighted by atomic mass is 10.1. The van der Waals surface area contributed by atoms with Crippen molar-refractivity contribution in [3.63, 3.8) is 0 Å². The summed E-state index contributed by atoms with van der Waals surface area (Å²) in [4.78, 5) is 11.8. The highest BCUT2D eigenvalue weighted by Crippen LogP contribution is 2.24. The van der Waals surface area contributed by atoms with Crippen LogP contribution < -0.4 is 4.74 Å². The van der Waals surface area contributed by atoms with Crippen molar-refractivity contribution in [2.75, 3.05) is 0 Å². The van der Waals surface area contributed by atoms with Crippen molar-refractivity contribution in [2.45, 2.75) is 6.42 Å². The Balaban J connectivity index is 1.76. The molecule has 134 valence electrons. The summed E-state index contributed by atoms with van der Waals surface area (Å²) in [6.45, 7) is 0. The third-order valence-corrected chi connectivity index (χ3v) is 3.31. The zero-order valence-corrected chi connectivity index (χ0v) is 12.6. The van der Waals surface area contributed by atoms with E-state index in [1.165, 1.54) is 24.3 Å². The van der Waals surface area contributed by atoms with Gasteiger partial charge in [-0.25, -0.2) is 22.0 Å². The molecule has 1 aromatic heterocycles. The summed E-state index contributed by atoms with van der Waals surface area (Å²) in [5.41, 5.74) is -0.754. The largest absolute Gasteiger partial charge is 0.426 e. The molecule has 10 heteroatoms. The van der Waals surface area contributed by atoms with E-state index in [0.29, 0.717) is 5.56 Å².